The summed E-state index contributed by atoms with van der Waals surface area (Å²) in [7, 11) is 0. The van der Waals surface area contributed by atoms with E-state index in [4.69, 9.17) is 9.47 Å². The second-order valence-corrected chi connectivity index (χ2v) is 12.7. The number of rotatable bonds is 10. The molecule has 2 saturated heterocycles. The molecule has 0 amide bonds. The molecule has 0 radical (unpaired) electrons. The van der Waals surface area contributed by atoms with Gasteiger partial charge in [-0.15, -0.1) is 0 Å². The van der Waals surface area contributed by atoms with Crippen LogP contribution in [0.3, 0.4) is 0 Å². The van der Waals surface area contributed by atoms with Gasteiger partial charge < -0.3 is 30.3 Å². The average molecular weight is 649 g/mol. The van der Waals surface area contributed by atoms with Crippen LogP contribution in [-0.2, 0) is 9.47 Å². The molecule has 4 N–H and O–H groups in total. The van der Waals surface area contributed by atoms with Crippen LogP contribution >= 0.6 is 0 Å². The lowest BCUT2D eigenvalue weighted by Gasteiger charge is -2.27. The lowest BCUT2D eigenvalue weighted by Crippen LogP contribution is -2.31. The van der Waals surface area contributed by atoms with E-state index in [9.17, 15) is 19.8 Å². The number of nitrogens with zero attached hydrogens (tertiary/aromatic N) is 2. The monoisotopic (exact) mass is 648 g/mol. The minimum absolute atomic E-state index is 0.0676. The third-order valence-electron chi connectivity index (χ3n) is 9.24. The summed E-state index contributed by atoms with van der Waals surface area (Å²) < 4.78 is 12.4. The van der Waals surface area contributed by atoms with Gasteiger partial charge in [-0.05, 0) is 49.2 Å². The van der Waals surface area contributed by atoms with Crippen LogP contribution in [0.1, 0.15) is 69.3 Å². The fourth-order valence-electron chi connectivity index (χ4n) is 7.11. The first-order valence-electron chi connectivity index (χ1n) is 16.5. The molecular weight excluding hydrogens is 608 g/mol. The fourth-order valence-corrected chi connectivity index (χ4v) is 7.11. The summed E-state index contributed by atoms with van der Waals surface area (Å²) in [6.07, 6.45) is -0.219. The van der Waals surface area contributed by atoms with Crippen molar-refractivity contribution in [2.24, 2.45) is 0 Å². The van der Waals surface area contributed by atoms with Gasteiger partial charge in [0.25, 0.3) is 0 Å². The van der Waals surface area contributed by atoms with Crippen molar-refractivity contribution < 1.29 is 29.3 Å². The molecule has 0 spiro atoms. The van der Waals surface area contributed by atoms with Crippen LogP contribution in [0.25, 0.3) is 0 Å². The molecule has 4 unspecified atom stereocenters. The SMILES string of the molecule is CC1CN(CCNc2ccc(NCCN3CC(C)OC3c3ccccc3)c3c2C(=O)c2c(O)ccc(O)c2C3=O)C(c2ccccc2)O1. The largest absolute Gasteiger partial charge is 0.507 e. The summed E-state index contributed by atoms with van der Waals surface area (Å²) in [5.74, 6) is -1.74. The number of nitrogens with one attached hydrogen (secondary N) is 2. The molecule has 7 rings (SSSR count). The summed E-state index contributed by atoms with van der Waals surface area (Å²) in [6.45, 7) is 7.82. The highest BCUT2D eigenvalue weighted by Crippen LogP contribution is 2.42. The molecule has 0 saturated carbocycles. The van der Waals surface area contributed by atoms with Crippen molar-refractivity contribution in [2.75, 3.05) is 49.9 Å². The summed E-state index contributed by atoms with van der Waals surface area (Å²) in [5, 5.41) is 28.1. The molecule has 10 heteroatoms. The van der Waals surface area contributed by atoms with Crippen molar-refractivity contribution in [3.63, 3.8) is 0 Å². The average Bonchev–Trinajstić information content (AvgIpc) is 3.66. The van der Waals surface area contributed by atoms with Crippen LogP contribution in [0, 0.1) is 0 Å². The van der Waals surface area contributed by atoms with Crippen LogP contribution in [0.2, 0.25) is 0 Å². The minimum Gasteiger partial charge on any atom is -0.507 e. The Morgan fingerprint density at radius 1 is 0.604 bits per heavy atom. The smallest absolute Gasteiger partial charge is 0.200 e. The Kier molecular flexibility index (Phi) is 8.89. The predicted molar refractivity (Wildman–Crippen MR) is 183 cm³/mol. The zero-order valence-corrected chi connectivity index (χ0v) is 27.1. The number of carbonyl (C=O) groups is 2. The number of ether oxygens (including phenoxy) is 2. The molecular formula is C38H40N4O6. The molecule has 248 valence electrons. The predicted octanol–water partition coefficient (Wildman–Crippen LogP) is 5.54. The van der Waals surface area contributed by atoms with E-state index in [1.807, 2.05) is 74.5 Å². The molecule has 10 nitrogen and oxygen atoms in total. The highest BCUT2D eigenvalue weighted by atomic mass is 16.5. The Labute approximate surface area is 279 Å². The first-order valence-corrected chi connectivity index (χ1v) is 16.5. The van der Waals surface area contributed by atoms with E-state index in [-0.39, 0.29) is 58.4 Å². The Balaban J connectivity index is 1.13. The van der Waals surface area contributed by atoms with Crippen molar-refractivity contribution in [3.05, 3.63) is 118 Å². The Morgan fingerprint density at radius 3 is 1.40 bits per heavy atom. The maximum Gasteiger partial charge on any atom is 0.200 e. The standard InChI is InChI=1S/C38H40N4O6/c1-23-21-41(37(47-23)25-9-5-3-6-10-25)19-17-39-27-13-14-28(32-31(27)35(45)33-29(43)15-16-30(44)34(33)36(32)46)40-18-20-42-22-24(2)48-38(42)26-11-7-4-8-12-26/h3-16,23-24,37-40,43-44H,17-22H2,1-2H3. The first kappa shape index (κ1) is 31.8. The molecule has 2 fully saturated rings. The zero-order valence-electron chi connectivity index (χ0n) is 27.1. The normalized spacial score (nSPS) is 22.5. The number of phenolic OH excluding ortho intramolecular Hbond substituents is 2. The Hall–Kier alpha value is -4.74. The molecule has 0 bridgehead atoms. The quantitative estimate of drug-likeness (QED) is 0.144. The van der Waals surface area contributed by atoms with Crippen molar-refractivity contribution in [3.8, 4) is 11.5 Å². The number of hydrogen-bond donors (Lipinski definition) is 4. The lowest BCUT2D eigenvalue weighted by molar-refractivity contribution is 0.00568. The van der Waals surface area contributed by atoms with E-state index in [1.54, 1.807) is 12.1 Å². The summed E-state index contributed by atoms with van der Waals surface area (Å²) in [5.41, 5.74) is 3.09. The Morgan fingerprint density at radius 2 is 1.00 bits per heavy atom. The molecule has 4 aromatic rings. The van der Waals surface area contributed by atoms with Crippen LogP contribution in [-0.4, -0.2) is 83.1 Å². The molecule has 2 aliphatic heterocycles. The summed E-state index contributed by atoms with van der Waals surface area (Å²) >= 11 is 0. The van der Waals surface area contributed by atoms with Crippen LogP contribution in [0.4, 0.5) is 11.4 Å². The molecule has 2 heterocycles. The van der Waals surface area contributed by atoms with Crippen molar-refractivity contribution in [1.29, 1.82) is 0 Å². The van der Waals surface area contributed by atoms with Gasteiger partial charge in [0, 0.05) is 50.6 Å². The number of fused-ring (bicyclic) bond motifs is 2. The first-order chi connectivity index (χ1) is 23.3. The van der Waals surface area contributed by atoms with Gasteiger partial charge in [0.15, 0.2) is 0 Å². The van der Waals surface area contributed by atoms with Gasteiger partial charge in [-0.1, -0.05) is 60.7 Å². The van der Waals surface area contributed by atoms with Crippen molar-refractivity contribution >= 4 is 22.9 Å². The second-order valence-electron chi connectivity index (χ2n) is 12.7. The molecule has 4 aromatic carbocycles. The number of aromatic hydroxyl groups is 2. The number of phenols is 2. The molecule has 4 atom stereocenters. The highest BCUT2D eigenvalue weighted by Gasteiger charge is 2.38. The van der Waals surface area contributed by atoms with Gasteiger partial charge in [-0.25, -0.2) is 0 Å². The summed E-state index contributed by atoms with van der Waals surface area (Å²) in [4.78, 5) is 32.6. The van der Waals surface area contributed by atoms with Crippen LogP contribution in [0.15, 0.2) is 84.9 Å². The van der Waals surface area contributed by atoms with Gasteiger partial charge in [0.05, 0.1) is 34.5 Å². The molecule has 1 aliphatic carbocycles. The van der Waals surface area contributed by atoms with E-state index in [0.717, 1.165) is 24.2 Å². The zero-order chi connectivity index (χ0) is 33.4. The van der Waals surface area contributed by atoms with E-state index < -0.39 is 11.6 Å². The number of ketones is 2. The summed E-state index contributed by atoms with van der Waals surface area (Å²) in [6, 6.07) is 26.2. The lowest BCUT2D eigenvalue weighted by atomic mass is 9.81. The van der Waals surface area contributed by atoms with E-state index in [2.05, 4.69) is 20.4 Å². The van der Waals surface area contributed by atoms with Gasteiger partial charge in [-0.3, -0.25) is 19.4 Å². The van der Waals surface area contributed by atoms with Gasteiger partial charge in [0.1, 0.15) is 24.0 Å². The van der Waals surface area contributed by atoms with Crippen molar-refractivity contribution in [1.82, 2.24) is 9.80 Å². The van der Waals surface area contributed by atoms with Crippen LogP contribution < -0.4 is 10.6 Å². The third-order valence-corrected chi connectivity index (χ3v) is 9.24. The second kappa shape index (κ2) is 13.4. The highest BCUT2D eigenvalue weighted by molar-refractivity contribution is 6.33. The minimum atomic E-state index is -0.523. The van der Waals surface area contributed by atoms with E-state index in [0.29, 0.717) is 37.6 Å². The number of carbonyl (C=O) groups excluding carboxylic acids is 2. The van der Waals surface area contributed by atoms with E-state index in [1.165, 1.54) is 12.1 Å². The number of benzene rings is 4. The maximum absolute atomic E-state index is 14.1. The maximum atomic E-state index is 14.1. The number of hydrogen-bond acceptors (Lipinski definition) is 10. The Bertz CT molecular complexity index is 1690. The van der Waals surface area contributed by atoms with Gasteiger partial charge in [-0.2, -0.15) is 0 Å². The topological polar surface area (TPSA) is 124 Å². The van der Waals surface area contributed by atoms with Crippen molar-refractivity contribution in [2.45, 2.75) is 38.5 Å². The molecule has 3 aliphatic rings. The van der Waals surface area contributed by atoms with E-state index >= 15 is 0 Å². The third kappa shape index (κ3) is 6.04. The fraction of sp³-hybridized carbons (Fsp3) is 0.316. The molecule has 0 aromatic heterocycles. The van der Waals surface area contributed by atoms with Gasteiger partial charge >= 0.3 is 0 Å². The van der Waals surface area contributed by atoms with Gasteiger partial charge in [0.2, 0.25) is 11.6 Å². The molecule has 48 heavy (non-hydrogen) atoms. The van der Waals surface area contributed by atoms with Crippen LogP contribution in [0.5, 0.6) is 11.5 Å². The number of anilines is 2.